The summed E-state index contributed by atoms with van der Waals surface area (Å²) in [6.45, 7) is 4.54. The van der Waals surface area contributed by atoms with Gasteiger partial charge >= 0.3 is 0 Å². The molecule has 0 saturated heterocycles. The van der Waals surface area contributed by atoms with Gasteiger partial charge in [0.05, 0.1) is 10.6 Å². The SMILES string of the molecule is CCNC(=O)c1cc(-c2ccc(C)s2)[nH]n1. The van der Waals surface area contributed by atoms with Crippen molar-refractivity contribution in [1.82, 2.24) is 15.5 Å². The fourth-order valence-corrected chi connectivity index (χ4v) is 2.23. The highest BCUT2D eigenvalue weighted by molar-refractivity contribution is 7.15. The van der Waals surface area contributed by atoms with E-state index in [9.17, 15) is 4.79 Å². The van der Waals surface area contributed by atoms with Crippen molar-refractivity contribution in [2.24, 2.45) is 0 Å². The molecule has 4 nitrogen and oxygen atoms in total. The molecular formula is C11H13N3OS. The number of carbonyl (C=O) groups is 1. The van der Waals surface area contributed by atoms with Gasteiger partial charge in [0.1, 0.15) is 0 Å². The number of rotatable bonds is 3. The van der Waals surface area contributed by atoms with Crippen molar-refractivity contribution in [2.75, 3.05) is 6.54 Å². The topological polar surface area (TPSA) is 57.8 Å². The van der Waals surface area contributed by atoms with Gasteiger partial charge in [0.15, 0.2) is 5.69 Å². The second-order valence-corrected chi connectivity index (χ2v) is 4.72. The average Bonchev–Trinajstić information content (AvgIpc) is 2.85. The third-order valence-electron chi connectivity index (χ3n) is 2.15. The van der Waals surface area contributed by atoms with E-state index in [1.54, 1.807) is 17.4 Å². The summed E-state index contributed by atoms with van der Waals surface area (Å²) in [5.74, 6) is -0.140. The number of H-pyrrole nitrogens is 1. The molecule has 0 saturated carbocycles. The van der Waals surface area contributed by atoms with Gasteiger partial charge in [-0.3, -0.25) is 9.89 Å². The van der Waals surface area contributed by atoms with E-state index in [4.69, 9.17) is 0 Å². The Morgan fingerprint density at radius 1 is 1.56 bits per heavy atom. The molecule has 2 aromatic rings. The molecule has 0 fully saturated rings. The Kier molecular flexibility index (Phi) is 3.05. The second-order valence-electron chi connectivity index (χ2n) is 3.44. The molecule has 0 spiro atoms. The predicted molar refractivity (Wildman–Crippen MR) is 64.6 cm³/mol. The molecule has 16 heavy (non-hydrogen) atoms. The zero-order valence-electron chi connectivity index (χ0n) is 9.20. The van der Waals surface area contributed by atoms with Crippen molar-refractivity contribution in [2.45, 2.75) is 13.8 Å². The maximum absolute atomic E-state index is 11.5. The van der Waals surface area contributed by atoms with Crippen LogP contribution in [0, 0.1) is 6.92 Å². The molecule has 2 N–H and O–H groups in total. The lowest BCUT2D eigenvalue weighted by Gasteiger charge is -1.95. The minimum absolute atomic E-state index is 0.140. The van der Waals surface area contributed by atoms with E-state index >= 15 is 0 Å². The van der Waals surface area contributed by atoms with Crippen molar-refractivity contribution in [3.8, 4) is 10.6 Å². The van der Waals surface area contributed by atoms with E-state index in [-0.39, 0.29) is 5.91 Å². The van der Waals surface area contributed by atoms with Gasteiger partial charge in [-0.25, -0.2) is 0 Å². The first kappa shape index (κ1) is 10.9. The molecule has 0 aliphatic heterocycles. The molecule has 2 rings (SSSR count). The molecule has 0 atom stereocenters. The van der Waals surface area contributed by atoms with E-state index in [1.807, 2.05) is 19.1 Å². The fraction of sp³-hybridized carbons (Fsp3) is 0.273. The van der Waals surface area contributed by atoms with Crippen molar-refractivity contribution in [3.05, 3.63) is 28.8 Å². The van der Waals surface area contributed by atoms with Crippen molar-refractivity contribution in [3.63, 3.8) is 0 Å². The lowest BCUT2D eigenvalue weighted by atomic mass is 10.3. The summed E-state index contributed by atoms with van der Waals surface area (Å²) in [6, 6.07) is 5.85. The molecule has 1 amide bonds. The summed E-state index contributed by atoms with van der Waals surface area (Å²) in [5.41, 5.74) is 1.32. The van der Waals surface area contributed by atoms with E-state index in [0.29, 0.717) is 12.2 Å². The minimum Gasteiger partial charge on any atom is -0.351 e. The first-order valence-corrected chi connectivity index (χ1v) is 5.92. The monoisotopic (exact) mass is 235 g/mol. The fourth-order valence-electron chi connectivity index (χ4n) is 1.39. The number of nitrogens with one attached hydrogen (secondary N) is 2. The largest absolute Gasteiger partial charge is 0.351 e. The smallest absolute Gasteiger partial charge is 0.271 e. The van der Waals surface area contributed by atoms with E-state index in [0.717, 1.165) is 10.6 Å². The molecule has 0 aliphatic rings. The minimum atomic E-state index is -0.140. The number of hydrogen-bond donors (Lipinski definition) is 2. The van der Waals surface area contributed by atoms with Crippen LogP contribution in [0.4, 0.5) is 0 Å². The molecule has 0 bridgehead atoms. The normalized spacial score (nSPS) is 10.4. The van der Waals surface area contributed by atoms with Crippen molar-refractivity contribution < 1.29 is 4.79 Å². The summed E-state index contributed by atoms with van der Waals surface area (Å²) in [5, 5.41) is 9.58. The lowest BCUT2D eigenvalue weighted by molar-refractivity contribution is 0.0951. The Labute approximate surface area is 97.7 Å². The molecule has 2 aromatic heterocycles. The van der Waals surface area contributed by atoms with Gasteiger partial charge in [0, 0.05) is 11.4 Å². The maximum Gasteiger partial charge on any atom is 0.271 e. The Morgan fingerprint density at radius 2 is 2.38 bits per heavy atom. The van der Waals surface area contributed by atoms with Crippen LogP contribution in [0.2, 0.25) is 0 Å². The van der Waals surface area contributed by atoms with Crippen LogP contribution in [0.25, 0.3) is 10.6 Å². The predicted octanol–water partition coefficient (Wildman–Crippen LogP) is 2.20. The summed E-state index contributed by atoms with van der Waals surface area (Å²) in [6.07, 6.45) is 0. The summed E-state index contributed by atoms with van der Waals surface area (Å²) < 4.78 is 0. The molecule has 0 unspecified atom stereocenters. The molecule has 0 aromatic carbocycles. The van der Waals surface area contributed by atoms with Crippen LogP contribution in [0.5, 0.6) is 0 Å². The van der Waals surface area contributed by atoms with Gasteiger partial charge in [-0.05, 0) is 32.0 Å². The van der Waals surface area contributed by atoms with E-state index < -0.39 is 0 Å². The number of hydrogen-bond acceptors (Lipinski definition) is 3. The Balaban J connectivity index is 2.22. The number of nitrogens with zero attached hydrogens (tertiary/aromatic N) is 1. The van der Waals surface area contributed by atoms with E-state index in [2.05, 4.69) is 22.4 Å². The Bertz CT molecular complexity index is 501. The number of carbonyl (C=O) groups excluding carboxylic acids is 1. The highest BCUT2D eigenvalue weighted by atomic mass is 32.1. The van der Waals surface area contributed by atoms with Crippen LogP contribution in [-0.4, -0.2) is 22.6 Å². The zero-order chi connectivity index (χ0) is 11.5. The first-order chi connectivity index (χ1) is 7.70. The highest BCUT2D eigenvalue weighted by Gasteiger charge is 2.10. The summed E-state index contributed by atoms with van der Waals surface area (Å²) >= 11 is 1.68. The zero-order valence-corrected chi connectivity index (χ0v) is 10.0. The van der Waals surface area contributed by atoms with Gasteiger partial charge in [-0.1, -0.05) is 0 Å². The van der Waals surface area contributed by atoms with Crippen LogP contribution in [0.15, 0.2) is 18.2 Å². The van der Waals surface area contributed by atoms with E-state index in [1.165, 1.54) is 4.88 Å². The number of aryl methyl sites for hydroxylation is 1. The third-order valence-corrected chi connectivity index (χ3v) is 3.19. The maximum atomic E-state index is 11.5. The Hall–Kier alpha value is -1.62. The average molecular weight is 235 g/mol. The van der Waals surface area contributed by atoms with Crippen molar-refractivity contribution in [1.29, 1.82) is 0 Å². The highest BCUT2D eigenvalue weighted by Crippen LogP contribution is 2.26. The Morgan fingerprint density at radius 3 is 3.00 bits per heavy atom. The molecule has 0 aliphatic carbocycles. The van der Waals surface area contributed by atoms with Crippen molar-refractivity contribution >= 4 is 17.2 Å². The number of thiophene rings is 1. The van der Waals surface area contributed by atoms with Crippen LogP contribution < -0.4 is 5.32 Å². The number of aromatic nitrogens is 2. The summed E-state index contributed by atoms with van der Waals surface area (Å²) in [4.78, 5) is 13.8. The lowest BCUT2D eigenvalue weighted by Crippen LogP contribution is -2.22. The molecule has 2 heterocycles. The molecule has 84 valence electrons. The van der Waals surface area contributed by atoms with Gasteiger partial charge in [-0.15, -0.1) is 11.3 Å². The van der Waals surface area contributed by atoms with Gasteiger partial charge in [0.2, 0.25) is 0 Å². The van der Waals surface area contributed by atoms with Crippen LogP contribution in [-0.2, 0) is 0 Å². The molecular weight excluding hydrogens is 222 g/mol. The van der Waals surface area contributed by atoms with Crippen LogP contribution >= 0.6 is 11.3 Å². The van der Waals surface area contributed by atoms with Gasteiger partial charge in [-0.2, -0.15) is 5.10 Å². The first-order valence-electron chi connectivity index (χ1n) is 5.11. The van der Waals surface area contributed by atoms with Crippen LogP contribution in [0.1, 0.15) is 22.3 Å². The summed E-state index contributed by atoms with van der Waals surface area (Å²) in [7, 11) is 0. The third kappa shape index (κ3) is 2.14. The van der Waals surface area contributed by atoms with Gasteiger partial charge in [0.25, 0.3) is 5.91 Å². The molecule has 0 radical (unpaired) electrons. The number of amides is 1. The van der Waals surface area contributed by atoms with Gasteiger partial charge < -0.3 is 5.32 Å². The standard InChI is InChI=1S/C11H13N3OS/c1-3-12-11(15)9-6-8(13-14-9)10-5-4-7(2)16-10/h4-6H,3H2,1-2H3,(H,12,15)(H,13,14). The quantitative estimate of drug-likeness (QED) is 0.856. The number of aromatic amines is 1. The van der Waals surface area contributed by atoms with Crippen LogP contribution in [0.3, 0.4) is 0 Å². The second kappa shape index (κ2) is 4.49. The molecule has 5 heteroatoms.